The summed E-state index contributed by atoms with van der Waals surface area (Å²) in [6, 6.07) is 0. The van der Waals surface area contributed by atoms with Crippen molar-refractivity contribution >= 4 is 0 Å². The van der Waals surface area contributed by atoms with Crippen LogP contribution < -0.4 is 0 Å². The molecule has 0 saturated carbocycles. The fraction of sp³-hybridized carbons (Fsp3) is 0.714. The molecule has 1 fully saturated rings. The van der Waals surface area contributed by atoms with E-state index < -0.39 is 0 Å². The van der Waals surface area contributed by atoms with Crippen LogP contribution in [0.15, 0.2) is 0 Å². The van der Waals surface area contributed by atoms with Crippen molar-refractivity contribution in [2.24, 2.45) is 0 Å². The second-order valence-electron chi connectivity index (χ2n) is 2.02. The standard InChI is InChI=1S/C7H11NO2/c1-2-5-10-8-3-6-9-7-4-8/h1H,3-7H2. The Labute approximate surface area is 60.9 Å². The van der Waals surface area contributed by atoms with Crippen molar-refractivity contribution in [2.45, 2.75) is 0 Å². The van der Waals surface area contributed by atoms with Crippen LogP contribution in [-0.2, 0) is 9.57 Å². The quantitative estimate of drug-likeness (QED) is 0.500. The fourth-order valence-corrected chi connectivity index (χ4v) is 0.804. The molecule has 0 aromatic carbocycles. The molecule has 56 valence electrons. The van der Waals surface area contributed by atoms with Gasteiger partial charge < -0.3 is 4.74 Å². The molecule has 0 aliphatic carbocycles. The van der Waals surface area contributed by atoms with Crippen molar-refractivity contribution in [3.8, 4) is 12.3 Å². The van der Waals surface area contributed by atoms with Gasteiger partial charge in [-0.1, -0.05) is 5.92 Å². The van der Waals surface area contributed by atoms with Gasteiger partial charge in [-0.2, -0.15) is 5.06 Å². The molecular formula is C7H11NO2. The molecule has 0 aromatic heterocycles. The van der Waals surface area contributed by atoms with E-state index >= 15 is 0 Å². The largest absolute Gasteiger partial charge is 0.379 e. The Morgan fingerprint density at radius 3 is 2.80 bits per heavy atom. The molecule has 0 aromatic rings. The van der Waals surface area contributed by atoms with Crippen molar-refractivity contribution < 1.29 is 9.57 Å². The summed E-state index contributed by atoms with van der Waals surface area (Å²) in [7, 11) is 0. The third kappa shape index (κ3) is 2.36. The number of hydroxylamine groups is 2. The molecule has 0 radical (unpaired) electrons. The van der Waals surface area contributed by atoms with Crippen LogP contribution in [0.25, 0.3) is 0 Å². The third-order valence-corrected chi connectivity index (χ3v) is 1.30. The lowest BCUT2D eigenvalue weighted by Crippen LogP contribution is -2.36. The van der Waals surface area contributed by atoms with Crippen LogP contribution >= 0.6 is 0 Å². The third-order valence-electron chi connectivity index (χ3n) is 1.30. The maximum Gasteiger partial charge on any atom is 0.129 e. The van der Waals surface area contributed by atoms with Gasteiger partial charge in [0, 0.05) is 13.1 Å². The molecule has 0 unspecified atom stereocenters. The van der Waals surface area contributed by atoms with Gasteiger partial charge in [-0.25, -0.2) is 0 Å². The highest BCUT2D eigenvalue weighted by molar-refractivity contribution is 4.82. The zero-order valence-electron chi connectivity index (χ0n) is 5.88. The summed E-state index contributed by atoms with van der Waals surface area (Å²) in [6.07, 6.45) is 5.01. The molecule has 1 aliphatic heterocycles. The summed E-state index contributed by atoms with van der Waals surface area (Å²) >= 11 is 0. The minimum absolute atomic E-state index is 0.361. The van der Waals surface area contributed by atoms with E-state index in [9.17, 15) is 0 Å². The molecule has 0 bridgehead atoms. The first kappa shape index (κ1) is 7.55. The van der Waals surface area contributed by atoms with Gasteiger partial charge in [-0.15, -0.1) is 6.42 Å². The average Bonchev–Trinajstić information content (AvgIpc) is 2.03. The topological polar surface area (TPSA) is 21.7 Å². The van der Waals surface area contributed by atoms with Crippen molar-refractivity contribution in [3.63, 3.8) is 0 Å². The minimum atomic E-state index is 0.361. The summed E-state index contributed by atoms with van der Waals surface area (Å²) in [6.45, 7) is 3.48. The summed E-state index contributed by atoms with van der Waals surface area (Å²) < 4.78 is 5.11. The van der Waals surface area contributed by atoms with Crippen molar-refractivity contribution in [1.29, 1.82) is 0 Å². The second kappa shape index (κ2) is 4.29. The molecule has 0 atom stereocenters. The SMILES string of the molecule is C#CCON1CCOCC1. The molecule has 1 heterocycles. The number of morpholine rings is 1. The van der Waals surface area contributed by atoms with E-state index in [1.807, 2.05) is 5.06 Å². The van der Waals surface area contributed by atoms with Crippen LogP contribution in [0.3, 0.4) is 0 Å². The first-order valence-electron chi connectivity index (χ1n) is 3.32. The van der Waals surface area contributed by atoms with Gasteiger partial charge in [0.15, 0.2) is 0 Å². The lowest BCUT2D eigenvalue weighted by atomic mass is 10.5. The fourth-order valence-electron chi connectivity index (χ4n) is 0.804. The van der Waals surface area contributed by atoms with Crippen molar-refractivity contribution in [2.75, 3.05) is 32.9 Å². The minimum Gasteiger partial charge on any atom is -0.379 e. The zero-order chi connectivity index (χ0) is 7.23. The van der Waals surface area contributed by atoms with Crippen LogP contribution in [0, 0.1) is 12.3 Å². The van der Waals surface area contributed by atoms with Crippen LogP contribution in [0.4, 0.5) is 0 Å². The highest BCUT2D eigenvalue weighted by atomic mass is 16.7. The number of hydrogen-bond acceptors (Lipinski definition) is 3. The lowest BCUT2D eigenvalue weighted by Gasteiger charge is -2.24. The molecule has 0 amide bonds. The number of hydrogen-bond donors (Lipinski definition) is 0. The normalized spacial score (nSPS) is 20.3. The van der Waals surface area contributed by atoms with Gasteiger partial charge in [-0.3, -0.25) is 4.84 Å². The number of nitrogens with zero attached hydrogens (tertiary/aromatic N) is 1. The van der Waals surface area contributed by atoms with Crippen molar-refractivity contribution in [3.05, 3.63) is 0 Å². The average molecular weight is 141 g/mol. The predicted molar refractivity (Wildman–Crippen MR) is 37.2 cm³/mol. The lowest BCUT2D eigenvalue weighted by molar-refractivity contribution is -0.183. The smallest absolute Gasteiger partial charge is 0.129 e. The Bertz CT molecular complexity index is 124. The Hall–Kier alpha value is -0.560. The van der Waals surface area contributed by atoms with E-state index in [-0.39, 0.29) is 0 Å². The Balaban J connectivity index is 2.09. The van der Waals surface area contributed by atoms with E-state index in [4.69, 9.17) is 16.0 Å². The molecule has 0 spiro atoms. The van der Waals surface area contributed by atoms with E-state index in [1.165, 1.54) is 0 Å². The molecule has 1 rings (SSSR count). The molecule has 10 heavy (non-hydrogen) atoms. The van der Waals surface area contributed by atoms with Gasteiger partial charge in [0.2, 0.25) is 0 Å². The Morgan fingerprint density at radius 1 is 1.50 bits per heavy atom. The highest BCUT2D eigenvalue weighted by Gasteiger charge is 2.08. The van der Waals surface area contributed by atoms with Gasteiger partial charge in [0.25, 0.3) is 0 Å². The first-order chi connectivity index (χ1) is 4.93. The zero-order valence-corrected chi connectivity index (χ0v) is 5.88. The van der Waals surface area contributed by atoms with Gasteiger partial charge in [-0.05, 0) is 0 Å². The van der Waals surface area contributed by atoms with Crippen LogP contribution in [-0.4, -0.2) is 38.0 Å². The van der Waals surface area contributed by atoms with E-state index in [1.54, 1.807) is 0 Å². The molecule has 1 saturated heterocycles. The molecular weight excluding hydrogens is 130 g/mol. The Kier molecular flexibility index (Phi) is 3.23. The summed E-state index contributed by atoms with van der Waals surface area (Å²) in [5.74, 6) is 2.41. The summed E-state index contributed by atoms with van der Waals surface area (Å²) in [5, 5.41) is 1.84. The maximum atomic E-state index is 5.15. The van der Waals surface area contributed by atoms with Gasteiger partial charge >= 0.3 is 0 Å². The molecule has 1 aliphatic rings. The number of rotatable bonds is 2. The number of terminal acetylenes is 1. The Morgan fingerprint density at radius 2 is 2.20 bits per heavy atom. The predicted octanol–water partition coefficient (Wildman–Crippen LogP) is -0.117. The summed E-state index contributed by atoms with van der Waals surface area (Å²) in [5.41, 5.74) is 0. The maximum absolute atomic E-state index is 5.15. The molecule has 3 heteroatoms. The van der Waals surface area contributed by atoms with E-state index in [2.05, 4.69) is 5.92 Å². The van der Waals surface area contributed by atoms with E-state index in [0.29, 0.717) is 6.61 Å². The highest BCUT2D eigenvalue weighted by Crippen LogP contribution is 1.95. The first-order valence-corrected chi connectivity index (χ1v) is 3.32. The van der Waals surface area contributed by atoms with Crippen LogP contribution in [0.2, 0.25) is 0 Å². The summed E-state index contributed by atoms with van der Waals surface area (Å²) in [4.78, 5) is 5.15. The molecule has 3 nitrogen and oxygen atoms in total. The van der Waals surface area contributed by atoms with E-state index in [0.717, 1.165) is 26.3 Å². The number of ether oxygens (including phenoxy) is 1. The molecule has 0 N–H and O–H groups in total. The second-order valence-corrected chi connectivity index (χ2v) is 2.02. The van der Waals surface area contributed by atoms with Gasteiger partial charge in [0.05, 0.1) is 13.2 Å². The monoisotopic (exact) mass is 141 g/mol. The van der Waals surface area contributed by atoms with Crippen LogP contribution in [0.1, 0.15) is 0 Å². The van der Waals surface area contributed by atoms with Gasteiger partial charge in [0.1, 0.15) is 6.61 Å². The van der Waals surface area contributed by atoms with Crippen LogP contribution in [0.5, 0.6) is 0 Å². The van der Waals surface area contributed by atoms with Crippen molar-refractivity contribution in [1.82, 2.24) is 5.06 Å².